The number of nitrogens with one attached hydrogen (secondary N) is 2. The zero-order chi connectivity index (χ0) is 15.6. The lowest BCUT2D eigenvalue weighted by molar-refractivity contribution is 0.0450. The molecule has 116 valence electrons. The van der Waals surface area contributed by atoms with Crippen molar-refractivity contribution in [1.82, 2.24) is 5.32 Å². The second kappa shape index (κ2) is 5.81. The van der Waals surface area contributed by atoms with Crippen LogP contribution < -0.4 is 15.5 Å². The maximum Gasteiger partial charge on any atom is 0.408 e. The summed E-state index contributed by atoms with van der Waals surface area (Å²) in [7, 11) is 1.92. The second-order valence-electron chi connectivity index (χ2n) is 6.24. The minimum absolute atomic E-state index is 0.475. The third-order valence-electron chi connectivity index (χ3n) is 3.17. The first-order valence-electron chi connectivity index (χ1n) is 7.00. The molecule has 0 fully saturated rings. The summed E-state index contributed by atoms with van der Waals surface area (Å²) in [5.74, 6) is 0. The average molecular weight is 293 g/mol. The molecule has 1 aromatic rings. The van der Waals surface area contributed by atoms with Crippen LogP contribution in [0.1, 0.15) is 20.8 Å². The Morgan fingerprint density at radius 1 is 1.43 bits per heavy atom. The lowest BCUT2D eigenvalue weighted by Crippen LogP contribution is -2.52. The molecule has 0 spiro atoms. The molecule has 0 saturated heterocycles. The maximum absolute atomic E-state index is 11.9. The molecule has 2 atom stereocenters. The molecule has 0 aliphatic carbocycles. The van der Waals surface area contributed by atoms with Crippen molar-refractivity contribution in [3.05, 3.63) is 24.3 Å². The number of rotatable bonds is 1. The highest BCUT2D eigenvalue weighted by molar-refractivity contribution is 5.72. The molecular weight excluding hydrogens is 270 g/mol. The largest absolute Gasteiger partial charge is 0.444 e. The minimum Gasteiger partial charge on any atom is -0.444 e. The van der Waals surface area contributed by atoms with Gasteiger partial charge in [0, 0.05) is 13.6 Å². The Labute approximate surface area is 125 Å². The molecule has 0 saturated carbocycles. The molecule has 3 N–H and O–H groups in total. The molecule has 1 unspecified atom stereocenters. The third kappa shape index (κ3) is 4.01. The number of alkyl carbamates (subject to hydrolysis) is 1. The first kappa shape index (κ1) is 15.4. The average Bonchev–Trinajstić information content (AvgIpc) is 2.46. The van der Waals surface area contributed by atoms with Crippen molar-refractivity contribution in [2.24, 2.45) is 0 Å². The van der Waals surface area contributed by atoms with Gasteiger partial charge in [-0.05, 0) is 32.9 Å². The molecule has 0 aromatic heterocycles. The van der Waals surface area contributed by atoms with Crippen LogP contribution in [0, 0.1) is 0 Å². The number of hydrogen-bond acceptors (Lipinski definition) is 5. The van der Waals surface area contributed by atoms with Crippen LogP contribution in [0.4, 0.5) is 16.2 Å². The van der Waals surface area contributed by atoms with Crippen LogP contribution in [0.25, 0.3) is 0 Å². The fraction of sp³-hybridized carbons (Fsp3) is 0.533. The van der Waals surface area contributed by atoms with E-state index in [2.05, 4.69) is 10.6 Å². The molecule has 0 bridgehead atoms. The van der Waals surface area contributed by atoms with E-state index in [1.807, 2.05) is 36.2 Å². The number of aliphatic hydroxyl groups excluding tert-OH is 1. The minimum atomic E-state index is -0.886. The van der Waals surface area contributed by atoms with E-state index in [9.17, 15) is 9.90 Å². The van der Waals surface area contributed by atoms with Gasteiger partial charge in [-0.15, -0.1) is 0 Å². The number of aliphatic hydroxyl groups is 1. The molecule has 1 amide bonds. The van der Waals surface area contributed by atoms with Gasteiger partial charge in [-0.3, -0.25) is 0 Å². The number of para-hydroxylation sites is 2. The maximum atomic E-state index is 11.9. The number of carbonyl (C=O) groups is 1. The van der Waals surface area contributed by atoms with Gasteiger partial charge in [0.1, 0.15) is 11.8 Å². The van der Waals surface area contributed by atoms with Crippen molar-refractivity contribution >= 4 is 17.5 Å². The molecule has 0 radical (unpaired) electrons. The van der Waals surface area contributed by atoms with E-state index >= 15 is 0 Å². The number of benzene rings is 1. The zero-order valence-corrected chi connectivity index (χ0v) is 12.9. The highest BCUT2D eigenvalue weighted by Crippen LogP contribution is 2.28. The van der Waals surface area contributed by atoms with E-state index in [-0.39, 0.29) is 0 Å². The summed E-state index contributed by atoms with van der Waals surface area (Å²) in [5.41, 5.74) is 1.24. The number of amides is 1. The Hall–Kier alpha value is -1.95. The quantitative estimate of drug-likeness (QED) is 0.736. The van der Waals surface area contributed by atoms with Crippen molar-refractivity contribution < 1.29 is 14.6 Å². The van der Waals surface area contributed by atoms with Crippen molar-refractivity contribution in [3.63, 3.8) is 0 Å². The molecule has 6 heteroatoms. The molecular formula is C15H23N3O3. The van der Waals surface area contributed by atoms with E-state index in [0.717, 1.165) is 11.4 Å². The summed E-state index contributed by atoms with van der Waals surface area (Å²) in [6.45, 7) is 5.88. The molecule has 1 aliphatic rings. The van der Waals surface area contributed by atoms with Gasteiger partial charge in [-0.2, -0.15) is 0 Å². The highest BCUT2D eigenvalue weighted by atomic mass is 16.6. The van der Waals surface area contributed by atoms with E-state index < -0.39 is 24.0 Å². The van der Waals surface area contributed by atoms with Crippen molar-refractivity contribution in [1.29, 1.82) is 0 Å². The van der Waals surface area contributed by atoms with E-state index in [0.29, 0.717) is 6.54 Å². The number of carbonyl (C=O) groups excluding carboxylic acids is 1. The number of hydrogen-bond donors (Lipinski definition) is 3. The van der Waals surface area contributed by atoms with Crippen molar-refractivity contribution in [2.45, 2.75) is 38.6 Å². The molecule has 1 aromatic carbocycles. The van der Waals surface area contributed by atoms with Crippen LogP contribution in [0.15, 0.2) is 24.3 Å². The Kier molecular flexibility index (Phi) is 4.27. The van der Waals surface area contributed by atoms with Gasteiger partial charge < -0.3 is 25.4 Å². The van der Waals surface area contributed by atoms with Gasteiger partial charge >= 0.3 is 6.09 Å². The SMILES string of the molecule is CN1C[C@@H](NC(=O)OC(C)(C)C)C(O)Nc2ccccc21. The van der Waals surface area contributed by atoms with E-state index in [1.165, 1.54) is 0 Å². The summed E-state index contributed by atoms with van der Waals surface area (Å²) in [6.07, 6.45) is -1.42. The van der Waals surface area contributed by atoms with Gasteiger partial charge in [0.25, 0.3) is 0 Å². The lowest BCUT2D eigenvalue weighted by Gasteiger charge is -2.27. The lowest BCUT2D eigenvalue weighted by atomic mass is 10.2. The van der Waals surface area contributed by atoms with Crippen molar-refractivity contribution in [2.75, 3.05) is 23.8 Å². The van der Waals surface area contributed by atoms with Crippen LogP contribution >= 0.6 is 0 Å². The van der Waals surface area contributed by atoms with Gasteiger partial charge in [0.05, 0.1) is 17.4 Å². The fourth-order valence-corrected chi connectivity index (χ4v) is 2.27. The van der Waals surface area contributed by atoms with Gasteiger partial charge in [-0.1, -0.05) is 12.1 Å². The highest BCUT2D eigenvalue weighted by Gasteiger charge is 2.29. The van der Waals surface area contributed by atoms with E-state index in [1.54, 1.807) is 20.8 Å². The molecule has 6 nitrogen and oxygen atoms in total. The number of likely N-dealkylation sites (N-methyl/N-ethyl adjacent to an activating group) is 1. The summed E-state index contributed by atoms with van der Waals surface area (Å²) in [4.78, 5) is 13.9. The molecule has 1 heterocycles. The number of anilines is 2. The smallest absolute Gasteiger partial charge is 0.408 e. The van der Waals surface area contributed by atoms with Crippen LogP contribution in [-0.2, 0) is 4.74 Å². The molecule has 1 aliphatic heterocycles. The summed E-state index contributed by atoms with van der Waals surface area (Å²) in [6, 6.07) is 7.21. The topological polar surface area (TPSA) is 73.8 Å². The monoisotopic (exact) mass is 293 g/mol. The predicted molar refractivity (Wildman–Crippen MR) is 82.5 cm³/mol. The first-order valence-corrected chi connectivity index (χ1v) is 7.00. The summed E-state index contributed by atoms with van der Waals surface area (Å²) < 4.78 is 5.23. The van der Waals surface area contributed by atoms with Gasteiger partial charge in [-0.25, -0.2) is 4.79 Å². The van der Waals surface area contributed by atoms with Crippen molar-refractivity contribution in [3.8, 4) is 0 Å². The summed E-state index contributed by atoms with van der Waals surface area (Å²) in [5, 5.41) is 16.0. The second-order valence-corrected chi connectivity index (χ2v) is 6.24. The molecule has 21 heavy (non-hydrogen) atoms. The van der Waals surface area contributed by atoms with Gasteiger partial charge in [0.15, 0.2) is 0 Å². The molecule has 2 rings (SSSR count). The Bertz CT molecular complexity index is 513. The number of fused-ring (bicyclic) bond motifs is 1. The number of nitrogens with zero attached hydrogens (tertiary/aromatic N) is 1. The first-order chi connectivity index (χ1) is 9.76. The van der Waals surface area contributed by atoms with Crippen LogP contribution in [0.3, 0.4) is 0 Å². The Balaban J connectivity index is 2.08. The Morgan fingerprint density at radius 3 is 2.76 bits per heavy atom. The Morgan fingerprint density at radius 2 is 2.10 bits per heavy atom. The third-order valence-corrected chi connectivity index (χ3v) is 3.17. The van der Waals surface area contributed by atoms with Crippen LogP contribution in [0.5, 0.6) is 0 Å². The van der Waals surface area contributed by atoms with Crippen LogP contribution in [0.2, 0.25) is 0 Å². The fourth-order valence-electron chi connectivity index (χ4n) is 2.27. The number of ether oxygens (including phenoxy) is 1. The standard InChI is InChI=1S/C15H23N3O3/c1-15(2,3)21-14(20)17-11-9-18(4)12-8-6-5-7-10(12)16-13(11)19/h5-8,11,13,16,19H,9H2,1-4H3,(H,17,20)/t11-,13?/m1/s1. The van der Waals surface area contributed by atoms with Gasteiger partial charge in [0.2, 0.25) is 0 Å². The normalized spacial score (nSPS) is 21.9. The zero-order valence-electron chi connectivity index (χ0n) is 12.9. The predicted octanol–water partition coefficient (Wildman–Crippen LogP) is 1.76. The van der Waals surface area contributed by atoms with Crippen LogP contribution in [-0.4, -0.2) is 42.7 Å². The van der Waals surface area contributed by atoms with E-state index in [4.69, 9.17) is 4.74 Å². The summed E-state index contributed by atoms with van der Waals surface area (Å²) >= 11 is 0.